The van der Waals surface area contributed by atoms with Crippen LogP contribution in [-0.2, 0) is 9.53 Å². The molecular weight excluding hydrogens is 262 g/mol. The van der Waals surface area contributed by atoms with Gasteiger partial charge in [-0.25, -0.2) is 0 Å². The lowest BCUT2D eigenvalue weighted by atomic mass is 9.80. The Hall–Kier alpha value is -1.22. The number of carbonyl (C=O) groups excluding carboxylic acids is 1. The number of anilines is 1. The molecule has 4 heteroatoms. The molecule has 1 aromatic rings. The van der Waals surface area contributed by atoms with Crippen LogP contribution >= 0.6 is 11.6 Å². The van der Waals surface area contributed by atoms with Crippen LogP contribution in [0.25, 0.3) is 0 Å². The van der Waals surface area contributed by atoms with E-state index in [2.05, 4.69) is 25.7 Å². The highest BCUT2D eigenvalue weighted by atomic mass is 35.5. The topological polar surface area (TPSA) is 29.5 Å². The predicted octanol–water partition coefficient (Wildman–Crippen LogP) is 3.61. The van der Waals surface area contributed by atoms with Crippen LogP contribution in [0.4, 0.5) is 5.69 Å². The molecule has 104 valence electrons. The molecule has 1 atom stereocenters. The summed E-state index contributed by atoms with van der Waals surface area (Å²) >= 11 is 6.08. The molecule has 0 radical (unpaired) electrons. The summed E-state index contributed by atoms with van der Waals surface area (Å²) in [5.41, 5.74) is 2.21. The van der Waals surface area contributed by atoms with Gasteiger partial charge < -0.3 is 9.64 Å². The third kappa shape index (κ3) is 2.71. The quantitative estimate of drug-likeness (QED) is 0.776. The van der Waals surface area contributed by atoms with Crippen molar-refractivity contribution in [3.8, 4) is 0 Å². The number of carbonyl (C=O) groups is 1. The first kappa shape index (κ1) is 14.2. The smallest absolute Gasteiger partial charge is 0.325 e. The van der Waals surface area contributed by atoms with Gasteiger partial charge in [0.2, 0.25) is 0 Å². The van der Waals surface area contributed by atoms with Gasteiger partial charge in [-0.1, -0.05) is 18.5 Å². The second-order valence-corrected chi connectivity index (χ2v) is 6.22. The molecule has 3 nitrogen and oxygen atoms in total. The number of rotatable bonds is 2. The third-order valence-electron chi connectivity index (χ3n) is 3.86. The van der Waals surface area contributed by atoms with Crippen molar-refractivity contribution in [1.82, 2.24) is 0 Å². The molecule has 0 N–H and O–H groups in total. The van der Waals surface area contributed by atoms with Gasteiger partial charge in [-0.2, -0.15) is 0 Å². The summed E-state index contributed by atoms with van der Waals surface area (Å²) in [5.74, 6) is 0.209. The number of methoxy groups -OCH3 is 1. The maximum Gasteiger partial charge on any atom is 0.325 e. The second-order valence-electron chi connectivity index (χ2n) is 5.78. The molecule has 1 aromatic carbocycles. The minimum absolute atomic E-state index is 0.0750. The van der Waals surface area contributed by atoms with Gasteiger partial charge in [0.15, 0.2) is 0 Å². The molecule has 0 spiro atoms. The van der Waals surface area contributed by atoms with E-state index < -0.39 is 0 Å². The second kappa shape index (κ2) is 5.04. The number of hydrogen-bond acceptors (Lipinski definition) is 3. The van der Waals surface area contributed by atoms with Crippen molar-refractivity contribution in [3.63, 3.8) is 0 Å². The molecule has 0 aromatic heterocycles. The summed E-state index contributed by atoms with van der Waals surface area (Å²) < 4.78 is 4.81. The zero-order valence-electron chi connectivity index (χ0n) is 11.9. The maximum absolute atomic E-state index is 11.6. The molecule has 0 saturated carbocycles. The van der Waals surface area contributed by atoms with Crippen molar-refractivity contribution in [2.75, 3.05) is 18.6 Å². The average Bonchev–Trinajstić information content (AvgIpc) is 2.34. The lowest BCUT2D eigenvalue weighted by Crippen LogP contribution is -2.50. The molecule has 2 rings (SSSR count). The first-order chi connectivity index (χ1) is 8.85. The van der Waals surface area contributed by atoms with E-state index in [1.807, 2.05) is 18.2 Å². The molecular formula is C15H20ClNO2. The van der Waals surface area contributed by atoms with Crippen LogP contribution in [0, 0.1) is 0 Å². The first-order valence-electron chi connectivity index (χ1n) is 6.49. The zero-order valence-corrected chi connectivity index (χ0v) is 12.6. The Morgan fingerprint density at radius 2 is 2.21 bits per heavy atom. The average molecular weight is 282 g/mol. The monoisotopic (exact) mass is 281 g/mol. The summed E-state index contributed by atoms with van der Waals surface area (Å²) in [6, 6.07) is 5.87. The van der Waals surface area contributed by atoms with Crippen LogP contribution in [0.5, 0.6) is 0 Å². The van der Waals surface area contributed by atoms with E-state index in [4.69, 9.17) is 16.3 Å². The summed E-state index contributed by atoms with van der Waals surface area (Å²) in [4.78, 5) is 13.8. The molecule has 19 heavy (non-hydrogen) atoms. The zero-order chi connectivity index (χ0) is 14.2. The SMILES string of the molecule is COC(=O)CN1c2ccc(Cl)cc2C(C)CC1(C)C. The Labute approximate surface area is 119 Å². The minimum atomic E-state index is -0.219. The highest BCUT2D eigenvalue weighted by molar-refractivity contribution is 6.30. The molecule has 0 amide bonds. The number of ether oxygens (including phenoxy) is 1. The lowest BCUT2D eigenvalue weighted by molar-refractivity contribution is -0.139. The molecule has 0 saturated heterocycles. The van der Waals surface area contributed by atoms with Crippen LogP contribution in [0.15, 0.2) is 18.2 Å². The summed E-state index contributed by atoms with van der Waals surface area (Å²) in [6.45, 7) is 6.78. The van der Waals surface area contributed by atoms with E-state index in [1.54, 1.807) is 0 Å². The van der Waals surface area contributed by atoms with Crippen LogP contribution < -0.4 is 4.90 Å². The van der Waals surface area contributed by atoms with Gasteiger partial charge in [0, 0.05) is 16.2 Å². The Morgan fingerprint density at radius 3 is 2.84 bits per heavy atom. The Balaban J connectivity index is 2.45. The van der Waals surface area contributed by atoms with Crippen molar-refractivity contribution >= 4 is 23.3 Å². The lowest BCUT2D eigenvalue weighted by Gasteiger charge is -2.47. The van der Waals surface area contributed by atoms with Crippen molar-refractivity contribution in [3.05, 3.63) is 28.8 Å². The highest BCUT2D eigenvalue weighted by Crippen LogP contribution is 2.43. The van der Waals surface area contributed by atoms with Gasteiger partial charge in [-0.3, -0.25) is 4.79 Å². The van der Waals surface area contributed by atoms with Crippen LogP contribution in [0.1, 0.15) is 38.7 Å². The fraction of sp³-hybridized carbons (Fsp3) is 0.533. The van der Waals surface area contributed by atoms with E-state index in [9.17, 15) is 4.79 Å². The summed E-state index contributed by atoms with van der Waals surface area (Å²) in [6.07, 6.45) is 0.983. The van der Waals surface area contributed by atoms with Crippen molar-refractivity contribution < 1.29 is 9.53 Å². The highest BCUT2D eigenvalue weighted by Gasteiger charge is 2.37. The molecule has 0 fully saturated rings. The van der Waals surface area contributed by atoms with E-state index in [0.29, 0.717) is 5.92 Å². The van der Waals surface area contributed by atoms with E-state index in [1.165, 1.54) is 12.7 Å². The van der Waals surface area contributed by atoms with Gasteiger partial charge in [0.1, 0.15) is 6.54 Å². The standard InChI is InChI=1S/C15H20ClNO2/c1-10-8-15(2,3)17(9-14(18)19-4)13-6-5-11(16)7-12(10)13/h5-7,10H,8-9H2,1-4H3. The van der Waals surface area contributed by atoms with Gasteiger partial charge in [-0.05, 0) is 49.9 Å². The van der Waals surface area contributed by atoms with Crippen molar-refractivity contribution in [2.24, 2.45) is 0 Å². The Bertz CT molecular complexity index is 499. The van der Waals surface area contributed by atoms with Gasteiger partial charge in [0.05, 0.1) is 7.11 Å². The van der Waals surface area contributed by atoms with E-state index in [-0.39, 0.29) is 18.1 Å². The van der Waals surface area contributed by atoms with Gasteiger partial charge in [-0.15, -0.1) is 0 Å². The number of fused-ring (bicyclic) bond motifs is 1. The number of benzene rings is 1. The fourth-order valence-corrected chi connectivity index (χ4v) is 3.13. The predicted molar refractivity (Wildman–Crippen MR) is 77.9 cm³/mol. The third-order valence-corrected chi connectivity index (χ3v) is 4.10. The first-order valence-corrected chi connectivity index (χ1v) is 6.87. The maximum atomic E-state index is 11.6. The Morgan fingerprint density at radius 1 is 1.53 bits per heavy atom. The molecule has 1 aliphatic heterocycles. The van der Waals surface area contributed by atoms with Gasteiger partial charge >= 0.3 is 5.97 Å². The van der Waals surface area contributed by atoms with Crippen LogP contribution in [0.3, 0.4) is 0 Å². The number of hydrogen-bond donors (Lipinski definition) is 0. The summed E-state index contributed by atoms with van der Waals surface area (Å²) in [7, 11) is 1.42. The normalized spacial score (nSPS) is 20.9. The number of esters is 1. The van der Waals surface area contributed by atoms with Crippen molar-refractivity contribution in [2.45, 2.75) is 38.6 Å². The molecule has 0 aliphatic carbocycles. The van der Waals surface area contributed by atoms with E-state index in [0.717, 1.165) is 17.1 Å². The summed E-state index contributed by atoms with van der Waals surface area (Å²) in [5, 5.41) is 0.739. The molecule has 1 unspecified atom stereocenters. The van der Waals surface area contributed by atoms with Crippen LogP contribution in [-0.4, -0.2) is 25.2 Å². The van der Waals surface area contributed by atoms with Gasteiger partial charge in [0.25, 0.3) is 0 Å². The minimum Gasteiger partial charge on any atom is -0.468 e. The van der Waals surface area contributed by atoms with Crippen LogP contribution in [0.2, 0.25) is 5.02 Å². The number of nitrogens with zero attached hydrogens (tertiary/aromatic N) is 1. The fourth-order valence-electron chi connectivity index (χ4n) is 2.95. The Kier molecular flexibility index (Phi) is 3.77. The number of halogens is 1. The molecule has 1 aliphatic rings. The molecule has 1 heterocycles. The largest absolute Gasteiger partial charge is 0.468 e. The van der Waals surface area contributed by atoms with E-state index >= 15 is 0 Å². The molecule has 0 bridgehead atoms. The van der Waals surface area contributed by atoms with Crippen molar-refractivity contribution in [1.29, 1.82) is 0 Å².